The molecule has 1 aliphatic rings. The van der Waals surface area contributed by atoms with Gasteiger partial charge in [-0.1, -0.05) is 13.3 Å². The molecule has 1 saturated heterocycles. The lowest BCUT2D eigenvalue weighted by Crippen LogP contribution is -2.36. The standard InChI is InChI=1S/C9H20N2/c1-3-8(7-10)9-5-4-6-11(9)2/h8-9H,3-7,10H2,1-2H3. The van der Waals surface area contributed by atoms with E-state index >= 15 is 0 Å². The summed E-state index contributed by atoms with van der Waals surface area (Å²) in [5.74, 6) is 0.725. The third-order valence-electron chi connectivity index (χ3n) is 2.95. The van der Waals surface area contributed by atoms with Crippen molar-refractivity contribution in [2.24, 2.45) is 11.7 Å². The van der Waals surface area contributed by atoms with Crippen molar-refractivity contribution >= 4 is 0 Å². The van der Waals surface area contributed by atoms with E-state index in [9.17, 15) is 0 Å². The second-order valence-electron chi connectivity index (χ2n) is 3.59. The van der Waals surface area contributed by atoms with Gasteiger partial charge >= 0.3 is 0 Å². The average molecular weight is 156 g/mol. The van der Waals surface area contributed by atoms with Gasteiger partial charge in [0.2, 0.25) is 0 Å². The average Bonchev–Trinajstić information content (AvgIpc) is 2.40. The predicted octanol–water partition coefficient (Wildman–Crippen LogP) is 1.07. The minimum atomic E-state index is 0.725. The summed E-state index contributed by atoms with van der Waals surface area (Å²) in [7, 11) is 2.22. The molecule has 0 radical (unpaired) electrons. The Morgan fingerprint density at radius 1 is 1.64 bits per heavy atom. The zero-order chi connectivity index (χ0) is 8.27. The Morgan fingerprint density at radius 2 is 2.36 bits per heavy atom. The lowest BCUT2D eigenvalue weighted by Gasteiger charge is -2.26. The second kappa shape index (κ2) is 4.07. The van der Waals surface area contributed by atoms with Crippen LogP contribution >= 0.6 is 0 Å². The van der Waals surface area contributed by atoms with Crippen molar-refractivity contribution in [2.45, 2.75) is 32.2 Å². The molecule has 0 saturated carbocycles. The van der Waals surface area contributed by atoms with Gasteiger partial charge in [-0.3, -0.25) is 0 Å². The smallest absolute Gasteiger partial charge is 0.0133 e. The van der Waals surface area contributed by atoms with Crippen LogP contribution in [0.15, 0.2) is 0 Å². The second-order valence-corrected chi connectivity index (χ2v) is 3.59. The van der Waals surface area contributed by atoms with Crippen LogP contribution in [-0.2, 0) is 0 Å². The molecule has 0 aromatic heterocycles. The molecule has 0 spiro atoms. The molecule has 2 atom stereocenters. The van der Waals surface area contributed by atoms with Gasteiger partial charge in [-0.2, -0.15) is 0 Å². The van der Waals surface area contributed by atoms with E-state index in [0.29, 0.717) is 0 Å². The molecular formula is C9H20N2. The van der Waals surface area contributed by atoms with Gasteiger partial charge in [0.05, 0.1) is 0 Å². The summed E-state index contributed by atoms with van der Waals surface area (Å²) in [6, 6.07) is 0.769. The third-order valence-corrected chi connectivity index (χ3v) is 2.95. The van der Waals surface area contributed by atoms with E-state index in [1.165, 1.54) is 25.8 Å². The summed E-state index contributed by atoms with van der Waals surface area (Å²) in [5.41, 5.74) is 5.70. The molecule has 2 heteroatoms. The van der Waals surface area contributed by atoms with Gasteiger partial charge in [-0.05, 0) is 38.9 Å². The van der Waals surface area contributed by atoms with Gasteiger partial charge < -0.3 is 10.6 Å². The van der Waals surface area contributed by atoms with Crippen molar-refractivity contribution in [2.75, 3.05) is 20.1 Å². The molecule has 0 aromatic rings. The Bertz CT molecular complexity index is 110. The maximum Gasteiger partial charge on any atom is 0.0133 e. The SMILES string of the molecule is CCC(CN)C1CCCN1C. The van der Waals surface area contributed by atoms with E-state index in [0.717, 1.165) is 18.5 Å². The molecular weight excluding hydrogens is 136 g/mol. The first-order valence-electron chi connectivity index (χ1n) is 4.70. The van der Waals surface area contributed by atoms with Gasteiger partial charge in [0.15, 0.2) is 0 Å². The van der Waals surface area contributed by atoms with Crippen LogP contribution in [-0.4, -0.2) is 31.1 Å². The lowest BCUT2D eigenvalue weighted by atomic mass is 9.95. The fraction of sp³-hybridized carbons (Fsp3) is 1.00. The van der Waals surface area contributed by atoms with Crippen LogP contribution in [0, 0.1) is 5.92 Å². The third kappa shape index (κ3) is 1.94. The molecule has 0 aromatic carbocycles. The zero-order valence-corrected chi connectivity index (χ0v) is 7.71. The summed E-state index contributed by atoms with van der Waals surface area (Å²) in [6.45, 7) is 4.36. The van der Waals surface area contributed by atoms with Crippen molar-refractivity contribution in [3.05, 3.63) is 0 Å². The number of likely N-dealkylation sites (tertiary alicyclic amines) is 1. The summed E-state index contributed by atoms with van der Waals surface area (Å²) in [5, 5.41) is 0. The molecule has 1 rings (SSSR count). The molecule has 1 fully saturated rings. The van der Waals surface area contributed by atoms with Crippen LogP contribution in [0.4, 0.5) is 0 Å². The van der Waals surface area contributed by atoms with Gasteiger partial charge in [0, 0.05) is 6.04 Å². The first-order chi connectivity index (χ1) is 5.29. The number of nitrogens with zero attached hydrogens (tertiary/aromatic N) is 1. The maximum absolute atomic E-state index is 5.70. The van der Waals surface area contributed by atoms with Crippen LogP contribution in [0.3, 0.4) is 0 Å². The Balaban J connectivity index is 2.43. The van der Waals surface area contributed by atoms with E-state index < -0.39 is 0 Å². The molecule has 2 nitrogen and oxygen atoms in total. The summed E-state index contributed by atoms with van der Waals surface area (Å²) in [4.78, 5) is 2.46. The van der Waals surface area contributed by atoms with Crippen LogP contribution in [0.5, 0.6) is 0 Å². The highest BCUT2D eigenvalue weighted by Gasteiger charge is 2.26. The normalized spacial score (nSPS) is 29.2. The van der Waals surface area contributed by atoms with E-state index in [1.54, 1.807) is 0 Å². The highest BCUT2D eigenvalue weighted by Crippen LogP contribution is 2.23. The van der Waals surface area contributed by atoms with Crippen LogP contribution in [0.1, 0.15) is 26.2 Å². The van der Waals surface area contributed by atoms with Crippen LogP contribution in [0.2, 0.25) is 0 Å². The Kier molecular flexibility index (Phi) is 3.34. The number of nitrogens with two attached hydrogens (primary N) is 1. The molecule has 0 amide bonds. The number of hydrogen-bond acceptors (Lipinski definition) is 2. The van der Waals surface area contributed by atoms with Crippen molar-refractivity contribution in [1.82, 2.24) is 4.90 Å². The Morgan fingerprint density at radius 3 is 2.73 bits per heavy atom. The van der Waals surface area contributed by atoms with Crippen molar-refractivity contribution in [3.8, 4) is 0 Å². The topological polar surface area (TPSA) is 29.3 Å². The molecule has 1 aliphatic heterocycles. The van der Waals surface area contributed by atoms with E-state index in [-0.39, 0.29) is 0 Å². The lowest BCUT2D eigenvalue weighted by molar-refractivity contribution is 0.226. The van der Waals surface area contributed by atoms with Gasteiger partial charge in [0.1, 0.15) is 0 Å². The van der Waals surface area contributed by atoms with E-state index in [4.69, 9.17) is 5.73 Å². The Labute approximate surface area is 69.8 Å². The molecule has 66 valence electrons. The monoisotopic (exact) mass is 156 g/mol. The molecule has 11 heavy (non-hydrogen) atoms. The quantitative estimate of drug-likeness (QED) is 0.662. The first-order valence-corrected chi connectivity index (χ1v) is 4.70. The molecule has 1 heterocycles. The highest BCUT2D eigenvalue weighted by molar-refractivity contribution is 4.82. The summed E-state index contributed by atoms with van der Waals surface area (Å²) >= 11 is 0. The van der Waals surface area contributed by atoms with Gasteiger partial charge in [-0.25, -0.2) is 0 Å². The summed E-state index contributed by atoms with van der Waals surface area (Å²) < 4.78 is 0. The fourth-order valence-corrected chi connectivity index (χ4v) is 2.13. The van der Waals surface area contributed by atoms with Crippen molar-refractivity contribution in [3.63, 3.8) is 0 Å². The van der Waals surface area contributed by atoms with Crippen LogP contribution in [0.25, 0.3) is 0 Å². The minimum Gasteiger partial charge on any atom is -0.330 e. The predicted molar refractivity (Wildman–Crippen MR) is 48.5 cm³/mol. The van der Waals surface area contributed by atoms with Crippen molar-refractivity contribution in [1.29, 1.82) is 0 Å². The van der Waals surface area contributed by atoms with E-state index in [2.05, 4.69) is 18.9 Å². The first kappa shape index (κ1) is 9.01. The fourth-order valence-electron chi connectivity index (χ4n) is 2.13. The molecule has 2 N–H and O–H groups in total. The van der Waals surface area contributed by atoms with Crippen LogP contribution < -0.4 is 5.73 Å². The van der Waals surface area contributed by atoms with E-state index in [1.807, 2.05) is 0 Å². The number of hydrogen-bond donors (Lipinski definition) is 1. The largest absolute Gasteiger partial charge is 0.330 e. The summed E-state index contributed by atoms with van der Waals surface area (Å²) in [6.07, 6.45) is 3.94. The molecule has 0 bridgehead atoms. The van der Waals surface area contributed by atoms with Gasteiger partial charge in [0.25, 0.3) is 0 Å². The Hall–Kier alpha value is -0.0800. The zero-order valence-electron chi connectivity index (χ0n) is 7.71. The van der Waals surface area contributed by atoms with Crippen molar-refractivity contribution < 1.29 is 0 Å². The molecule has 2 unspecified atom stereocenters. The number of rotatable bonds is 3. The highest BCUT2D eigenvalue weighted by atomic mass is 15.1. The maximum atomic E-state index is 5.70. The molecule has 0 aliphatic carbocycles. The minimum absolute atomic E-state index is 0.725. The van der Waals surface area contributed by atoms with Gasteiger partial charge in [-0.15, -0.1) is 0 Å².